The van der Waals surface area contributed by atoms with Crippen LogP contribution < -0.4 is 4.72 Å². The van der Waals surface area contributed by atoms with Crippen LogP contribution in [0.25, 0.3) is 0 Å². The molecule has 0 bridgehead atoms. The SMILES string of the molecule is Cc1ncccc1NS(=O)(=O)c1csc(C(=O)O)c1. The van der Waals surface area contributed by atoms with Gasteiger partial charge in [0.2, 0.25) is 0 Å². The molecule has 0 amide bonds. The Balaban J connectivity index is 2.32. The molecule has 2 rings (SSSR count). The van der Waals surface area contributed by atoms with Gasteiger partial charge in [-0.3, -0.25) is 9.71 Å². The first-order valence-electron chi connectivity index (χ1n) is 5.16. The lowest BCUT2D eigenvalue weighted by Crippen LogP contribution is -2.13. The Morgan fingerprint density at radius 3 is 2.79 bits per heavy atom. The van der Waals surface area contributed by atoms with Gasteiger partial charge in [0.05, 0.1) is 16.3 Å². The molecule has 2 aromatic heterocycles. The maximum atomic E-state index is 12.1. The highest BCUT2D eigenvalue weighted by molar-refractivity contribution is 7.92. The molecule has 0 saturated carbocycles. The lowest BCUT2D eigenvalue weighted by Gasteiger charge is -2.07. The molecule has 0 aliphatic rings. The highest BCUT2D eigenvalue weighted by Crippen LogP contribution is 2.22. The Labute approximate surface area is 113 Å². The number of hydrogen-bond acceptors (Lipinski definition) is 5. The van der Waals surface area contributed by atoms with Crippen molar-refractivity contribution in [2.45, 2.75) is 11.8 Å². The first-order chi connectivity index (χ1) is 8.90. The van der Waals surface area contributed by atoms with E-state index < -0.39 is 16.0 Å². The molecule has 0 radical (unpaired) electrons. The van der Waals surface area contributed by atoms with Crippen molar-refractivity contribution in [3.8, 4) is 0 Å². The van der Waals surface area contributed by atoms with Gasteiger partial charge in [-0.05, 0) is 25.1 Å². The monoisotopic (exact) mass is 298 g/mol. The summed E-state index contributed by atoms with van der Waals surface area (Å²) in [5.74, 6) is -1.15. The molecule has 0 unspecified atom stereocenters. The fourth-order valence-corrected chi connectivity index (χ4v) is 3.60. The van der Waals surface area contributed by atoms with Gasteiger partial charge in [0.25, 0.3) is 10.0 Å². The van der Waals surface area contributed by atoms with Gasteiger partial charge in [-0.25, -0.2) is 13.2 Å². The van der Waals surface area contributed by atoms with Gasteiger partial charge in [0, 0.05) is 11.6 Å². The number of thiophene rings is 1. The highest BCUT2D eigenvalue weighted by Gasteiger charge is 2.19. The summed E-state index contributed by atoms with van der Waals surface area (Å²) in [5, 5.41) is 10.1. The van der Waals surface area contributed by atoms with Gasteiger partial charge in [0.15, 0.2) is 0 Å². The minimum atomic E-state index is -3.79. The Morgan fingerprint density at radius 2 is 2.21 bits per heavy atom. The maximum absolute atomic E-state index is 12.1. The van der Waals surface area contributed by atoms with Crippen molar-refractivity contribution in [1.82, 2.24) is 4.98 Å². The smallest absolute Gasteiger partial charge is 0.345 e. The van der Waals surface area contributed by atoms with E-state index in [0.717, 1.165) is 17.4 Å². The van der Waals surface area contributed by atoms with Crippen LogP contribution in [-0.4, -0.2) is 24.5 Å². The van der Waals surface area contributed by atoms with Crippen LogP contribution in [0, 0.1) is 6.92 Å². The largest absolute Gasteiger partial charge is 0.477 e. The zero-order chi connectivity index (χ0) is 14.0. The number of nitrogens with zero attached hydrogens (tertiary/aromatic N) is 1. The van der Waals surface area contributed by atoms with Crippen LogP contribution in [0.2, 0.25) is 0 Å². The molecular weight excluding hydrogens is 288 g/mol. The van der Waals surface area contributed by atoms with E-state index in [-0.39, 0.29) is 9.77 Å². The van der Waals surface area contributed by atoms with E-state index in [2.05, 4.69) is 9.71 Å². The Morgan fingerprint density at radius 1 is 1.47 bits per heavy atom. The van der Waals surface area contributed by atoms with Crippen molar-refractivity contribution in [1.29, 1.82) is 0 Å². The molecule has 100 valence electrons. The summed E-state index contributed by atoms with van der Waals surface area (Å²) in [5.41, 5.74) is 0.908. The van der Waals surface area contributed by atoms with Gasteiger partial charge in [-0.15, -0.1) is 11.3 Å². The van der Waals surface area contributed by atoms with Gasteiger partial charge in [0.1, 0.15) is 4.88 Å². The Hall–Kier alpha value is -1.93. The number of anilines is 1. The van der Waals surface area contributed by atoms with Crippen LogP contribution in [0.5, 0.6) is 0 Å². The molecule has 0 fully saturated rings. The number of hydrogen-bond donors (Lipinski definition) is 2. The quantitative estimate of drug-likeness (QED) is 0.899. The molecule has 0 aliphatic carbocycles. The first kappa shape index (κ1) is 13.5. The first-order valence-corrected chi connectivity index (χ1v) is 7.53. The number of aromatic carboxylic acids is 1. The van der Waals surface area contributed by atoms with E-state index in [4.69, 9.17) is 5.11 Å². The molecule has 2 N–H and O–H groups in total. The van der Waals surface area contributed by atoms with Crippen molar-refractivity contribution in [2.75, 3.05) is 4.72 Å². The summed E-state index contributed by atoms with van der Waals surface area (Å²) >= 11 is 0.865. The number of carboxylic acid groups (broad SMARTS) is 1. The lowest BCUT2D eigenvalue weighted by atomic mass is 10.3. The molecule has 2 heterocycles. The second-order valence-corrected chi connectivity index (χ2v) is 6.29. The van der Waals surface area contributed by atoms with Crippen LogP contribution in [0.15, 0.2) is 34.7 Å². The minimum Gasteiger partial charge on any atom is -0.477 e. The summed E-state index contributed by atoms with van der Waals surface area (Å²) in [4.78, 5) is 14.6. The average molecular weight is 298 g/mol. The van der Waals surface area contributed by atoms with Crippen molar-refractivity contribution in [2.24, 2.45) is 0 Å². The zero-order valence-electron chi connectivity index (χ0n) is 9.82. The Bertz CT molecular complexity index is 722. The normalized spacial score (nSPS) is 11.2. The number of sulfonamides is 1. The molecule has 0 saturated heterocycles. The second kappa shape index (κ2) is 4.98. The fraction of sp³-hybridized carbons (Fsp3) is 0.0909. The van der Waals surface area contributed by atoms with Crippen LogP contribution >= 0.6 is 11.3 Å². The number of carbonyl (C=O) groups is 1. The van der Waals surface area contributed by atoms with Crippen LogP contribution in [0.4, 0.5) is 5.69 Å². The third kappa shape index (κ3) is 2.91. The second-order valence-electron chi connectivity index (χ2n) is 3.69. The fourth-order valence-electron chi connectivity index (χ4n) is 1.37. The van der Waals surface area contributed by atoms with Crippen molar-refractivity contribution in [3.05, 3.63) is 40.3 Å². The number of carboxylic acids is 1. The Kier molecular flexibility index (Phi) is 3.54. The number of pyridine rings is 1. The van der Waals surface area contributed by atoms with Gasteiger partial charge in [-0.2, -0.15) is 0 Å². The standard InChI is InChI=1S/C11H10N2O4S2/c1-7-9(3-2-4-12-7)13-19(16,17)8-5-10(11(14)15)18-6-8/h2-6,13H,1H3,(H,14,15). The van der Waals surface area contributed by atoms with Crippen molar-refractivity contribution < 1.29 is 18.3 Å². The predicted molar refractivity (Wildman–Crippen MR) is 71.1 cm³/mol. The number of rotatable bonds is 4. The molecule has 0 aliphatic heterocycles. The van der Waals surface area contributed by atoms with Crippen molar-refractivity contribution >= 4 is 33.0 Å². The van der Waals surface area contributed by atoms with E-state index in [1.54, 1.807) is 25.3 Å². The molecule has 8 heteroatoms. The summed E-state index contributed by atoms with van der Waals surface area (Å²) < 4.78 is 26.5. The highest BCUT2D eigenvalue weighted by atomic mass is 32.2. The van der Waals surface area contributed by atoms with E-state index in [1.165, 1.54) is 5.38 Å². The topological polar surface area (TPSA) is 96.4 Å². The minimum absolute atomic E-state index is 0.0247. The third-order valence-electron chi connectivity index (χ3n) is 2.35. The lowest BCUT2D eigenvalue weighted by molar-refractivity contribution is 0.0702. The third-order valence-corrected chi connectivity index (χ3v) is 4.76. The summed E-state index contributed by atoms with van der Waals surface area (Å²) in [6.07, 6.45) is 1.56. The van der Waals surface area contributed by atoms with Crippen LogP contribution in [0.3, 0.4) is 0 Å². The summed E-state index contributed by atoms with van der Waals surface area (Å²) in [6, 6.07) is 4.33. The zero-order valence-corrected chi connectivity index (χ0v) is 11.5. The van der Waals surface area contributed by atoms with E-state index in [0.29, 0.717) is 11.4 Å². The van der Waals surface area contributed by atoms with E-state index in [9.17, 15) is 13.2 Å². The summed E-state index contributed by atoms with van der Waals surface area (Å²) in [6.45, 7) is 1.67. The van der Waals surface area contributed by atoms with Gasteiger partial charge < -0.3 is 5.11 Å². The molecule has 0 atom stereocenters. The van der Waals surface area contributed by atoms with E-state index in [1.807, 2.05) is 0 Å². The van der Waals surface area contributed by atoms with Crippen LogP contribution in [-0.2, 0) is 10.0 Å². The predicted octanol–water partition coefficient (Wildman–Crippen LogP) is 1.95. The van der Waals surface area contributed by atoms with Gasteiger partial charge >= 0.3 is 5.97 Å². The molecule has 0 aromatic carbocycles. The number of aryl methyl sites for hydroxylation is 1. The number of nitrogens with one attached hydrogen (secondary N) is 1. The molecule has 2 aromatic rings. The number of aromatic nitrogens is 1. The van der Waals surface area contributed by atoms with Crippen molar-refractivity contribution in [3.63, 3.8) is 0 Å². The molecule has 19 heavy (non-hydrogen) atoms. The molecule has 6 nitrogen and oxygen atoms in total. The molecular formula is C11H10N2O4S2. The van der Waals surface area contributed by atoms with E-state index >= 15 is 0 Å². The average Bonchev–Trinajstić information content (AvgIpc) is 2.82. The maximum Gasteiger partial charge on any atom is 0.345 e. The van der Waals surface area contributed by atoms with Crippen LogP contribution in [0.1, 0.15) is 15.4 Å². The summed E-state index contributed by atoms with van der Waals surface area (Å²) in [7, 11) is -3.79. The van der Waals surface area contributed by atoms with Gasteiger partial charge in [-0.1, -0.05) is 0 Å². The molecule has 0 spiro atoms.